The molecule has 2 aromatic carbocycles. The molecule has 1 aromatic heterocycles. The Labute approximate surface area is 282 Å². The number of aromatic carboxylic acids is 1. The predicted octanol–water partition coefficient (Wildman–Crippen LogP) is 5.34. The first-order chi connectivity index (χ1) is 22.4. The van der Waals surface area contributed by atoms with Gasteiger partial charge in [0.15, 0.2) is 0 Å². The highest BCUT2D eigenvalue weighted by atomic mass is 35.5. The molecule has 244 valence electrons. The number of thiophene rings is 1. The number of nitrogens with one attached hydrogen (secondary N) is 4. The minimum atomic E-state index is -1.17. The molecular formula is C34H36ClN7O4S. The third-order valence-electron chi connectivity index (χ3n) is 7.42. The van der Waals surface area contributed by atoms with E-state index in [1.165, 1.54) is 28.4 Å². The van der Waals surface area contributed by atoms with Gasteiger partial charge in [0.2, 0.25) is 11.8 Å². The fraction of sp³-hybridized carbons (Fsp3) is 0.294. The van der Waals surface area contributed by atoms with Gasteiger partial charge in [0.1, 0.15) is 22.7 Å². The van der Waals surface area contributed by atoms with Gasteiger partial charge in [0, 0.05) is 51.7 Å². The third kappa shape index (κ3) is 8.51. The monoisotopic (exact) mass is 673 g/mol. The molecule has 7 N–H and O–H groups in total. The van der Waals surface area contributed by atoms with Crippen LogP contribution in [0.1, 0.15) is 70.1 Å². The zero-order valence-electron chi connectivity index (χ0n) is 26.3. The molecule has 11 nitrogen and oxygen atoms in total. The van der Waals surface area contributed by atoms with E-state index < -0.39 is 23.8 Å². The number of nitrogens with zero attached hydrogens (tertiary/aromatic N) is 2. The molecule has 0 aliphatic carbocycles. The maximum atomic E-state index is 13.1. The van der Waals surface area contributed by atoms with Crippen LogP contribution >= 0.6 is 22.9 Å². The molecule has 0 fully saturated rings. The molecule has 13 heteroatoms. The summed E-state index contributed by atoms with van der Waals surface area (Å²) in [5.74, 6) is 3.86. The van der Waals surface area contributed by atoms with Gasteiger partial charge < -0.3 is 21.5 Å². The Morgan fingerprint density at radius 3 is 2.53 bits per heavy atom. The van der Waals surface area contributed by atoms with Crippen molar-refractivity contribution in [3.63, 3.8) is 0 Å². The van der Waals surface area contributed by atoms with E-state index in [1.54, 1.807) is 25.1 Å². The molecule has 0 bridgehead atoms. The first-order valence-electron chi connectivity index (χ1n) is 14.9. The Hall–Kier alpha value is -4.83. The number of carboxylic acid groups (broad SMARTS) is 1. The number of carboxylic acids is 1. The lowest BCUT2D eigenvalue weighted by molar-refractivity contribution is -0.121. The number of fused-ring (bicyclic) bond motifs is 1. The Balaban J connectivity index is 1.46. The lowest BCUT2D eigenvalue weighted by atomic mass is 9.99. The summed E-state index contributed by atoms with van der Waals surface area (Å²) in [5.41, 5.74) is 9.24. The van der Waals surface area contributed by atoms with Gasteiger partial charge >= 0.3 is 5.97 Å². The molecule has 3 aromatic rings. The Morgan fingerprint density at radius 2 is 1.87 bits per heavy atom. The van der Waals surface area contributed by atoms with Crippen molar-refractivity contribution in [2.45, 2.75) is 52.5 Å². The van der Waals surface area contributed by atoms with Crippen molar-refractivity contribution < 1.29 is 19.5 Å². The molecule has 4 rings (SSSR count). The Morgan fingerprint density at radius 1 is 1.15 bits per heavy atom. The number of unbranched alkanes of at least 4 members (excludes halogenated alkanes) is 1. The lowest BCUT2D eigenvalue weighted by Gasteiger charge is -2.24. The van der Waals surface area contributed by atoms with Gasteiger partial charge in [0.05, 0.1) is 17.7 Å². The van der Waals surface area contributed by atoms with E-state index in [0.717, 1.165) is 21.6 Å². The molecule has 0 unspecified atom stereocenters. The average molecular weight is 674 g/mol. The zero-order valence-corrected chi connectivity index (χ0v) is 27.9. The predicted molar refractivity (Wildman–Crippen MR) is 188 cm³/mol. The van der Waals surface area contributed by atoms with Crippen LogP contribution in [0.5, 0.6) is 0 Å². The van der Waals surface area contributed by atoms with Crippen LogP contribution in [-0.4, -0.2) is 59.4 Å². The van der Waals surface area contributed by atoms with E-state index >= 15 is 0 Å². The van der Waals surface area contributed by atoms with Crippen LogP contribution in [0.15, 0.2) is 47.5 Å². The van der Waals surface area contributed by atoms with Gasteiger partial charge in [-0.15, -0.1) is 11.3 Å². The van der Waals surface area contributed by atoms with Crippen LogP contribution in [0.2, 0.25) is 5.02 Å². The van der Waals surface area contributed by atoms with Crippen LogP contribution in [0.25, 0.3) is 0 Å². The molecule has 0 radical (unpaired) electrons. The molecule has 0 saturated carbocycles. The van der Waals surface area contributed by atoms with E-state index in [1.807, 2.05) is 26.0 Å². The summed E-state index contributed by atoms with van der Waals surface area (Å²) in [6.07, 6.45) is 1.01. The summed E-state index contributed by atoms with van der Waals surface area (Å²) in [6.45, 7) is 6.06. The molecule has 2 amide bonds. The summed E-state index contributed by atoms with van der Waals surface area (Å²) < 4.78 is 0. The van der Waals surface area contributed by atoms with Crippen LogP contribution in [0.4, 0.5) is 10.7 Å². The van der Waals surface area contributed by atoms with Crippen molar-refractivity contribution in [3.8, 4) is 11.8 Å². The fourth-order valence-corrected chi connectivity index (χ4v) is 6.28. The topological polar surface area (TPSA) is 185 Å². The number of aryl methyl sites for hydroxylation is 1. The van der Waals surface area contributed by atoms with Crippen LogP contribution in [0.3, 0.4) is 0 Å². The van der Waals surface area contributed by atoms with Crippen molar-refractivity contribution in [3.05, 3.63) is 80.2 Å². The van der Waals surface area contributed by atoms with E-state index in [9.17, 15) is 19.5 Å². The molecule has 47 heavy (non-hydrogen) atoms. The normalized spacial score (nSPS) is 13.9. The number of hydrogen-bond donors (Lipinski definition) is 6. The second-order valence-corrected chi connectivity index (χ2v) is 12.5. The number of amides is 2. The van der Waals surface area contributed by atoms with Crippen molar-refractivity contribution >= 4 is 68.8 Å². The lowest BCUT2D eigenvalue weighted by Crippen LogP contribution is -2.42. The van der Waals surface area contributed by atoms with Crippen molar-refractivity contribution in [2.75, 3.05) is 23.3 Å². The highest BCUT2D eigenvalue weighted by Crippen LogP contribution is 2.40. The van der Waals surface area contributed by atoms with Crippen molar-refractivity contribution in [1.29, 1.82) is 10.8 Å². The average Bonchev–Trinajstić information content (AvgIpc) is 3.23. The second-order valence-electron chi connectivity index (χ2n) is 10.9. The first kappa shape index (κ1) is 35.0. The largest absolute Gasteiger partial charge is 0.478 e. The maximum Gasteiger partial charge on any atom is 0.337 e. The molecule has 0 spiro atoms. The Kier molecular flexibility index (Phi) is 11.7. The van der Waals surface area contributed by atoms with E-state index in [4.69, 9.17) is 33.1 Å². The number of carbonyl (C=O) groups is 3. The fourth-order valence-electron chi connectivity index (χ4n) is 4.93. The molecule has 1 aliphatic heterocycles. The van der Waals surface area contributed by atoms with Gasteiger partial charge in [-0.25, -0.2) is 4.79 Å². The van der Waals surface area contributed by atoms with Gasteiger partial charge in [-0.3, -0.25) is 30.3 Å². The highest BCUT2D eigenvalue weighted by Gasteiger charge is 2.34. The first-order valence-corrected chi connectivity index (χ1v) is 16.1. The quantitative estimate of drug-likeness (QED) is 0.0730. The van der Waals surface area contributed by atoms with Crippen molar-refractivity contribution in [2.24, 2.45) is 10.7 Å². The van der Waals surface area contributed by atoms with Crippen LogP contribution < -0.4 is 21.3 Å². The Bertz CT molecular complexity index is 1820. The second kappa shape index (κ2) is 15.6. The smallest absolute Gasteiger partial charge is 0.337 e. The van der Waals surface area contributed by atoms with Crippen molar-refractivity contribution in [1.82, 2.24) is 5.32 Å². The number of aliphatic imine (C=N–C) groups is 1. The number of hydrogen-bond acceptors (Lipinski definition) is 8. The van der Waals surface area contributed by atoms with Gasteiger partial charge in [-0.1, -0.05) is 35.6 Å². The van der Waals surface area contributed by atoms with Gasteiger partial charge in [-0.2, -0.15) is 0 Å². The third-order valence-corrected chi connectivity index (χ3v) is 8.86. The standard InChI is InChI=1S/C34H36ClN7O4S/c1-19-20(2)47-33-30(19)31(23-8-11-24(35)12-9-23)41-27(32(38)42(33)21(3)37)18-29(44)39-16-14-28(43)40-25-13-10-22(7-5-4-6-15-36)26(17-25)34(45)46/h8-13,17,27,37-38H,4,6,14-16,18,36H2,1-3H3,(H,39,44)(H,40,43)(H,45,46)/t27-/m0/s1. The summed E-state index contributed by atoms with van der Waals surface area (Å²) in [7, 11) is 0. The summed E-state index contributed by atoms with van der Waals surface area (Å²) in [4.78, 5) is 45.0. The number of anilines is 2. The molecule has 0 saturated heterocycles. The van der Waals surface area contributed by atoms with Gasteiger partial charge in [0.25, 0.3) is 0 Å². The number of amidine groups is 2. The minimum absolute atomic E-state index is 0.00129. The minimum Gasteiger partial charge on any atom is -0.478 e. The molecule has 1 aliphatic rings. The zero-order chi connectivity index (χ0) is 34.2. The number of benzene rings is 2. The SMILES string of the molecule is CC(=N)N1C(=N)[C@H](CC(=O)NCCC(=O)Nc2ccc(C#CCCCN)c(C(=O)O)c2)N=C(c2ccc(Cl)cc2)c2c1sc(C)c2C. The summed E-state index contributed by atoms with van der Waals surface area (Å²) in [5, 5.41) is 33.8. The number of carbonyl (C=O) groups excluding carboxylic acids is 2. The van der Waals surface area contributed by atoms with E-state index in [0.29, 0.717) is 46.4 Å². The maximum absolute atomic E-state index is 13.1. The highest BCUT2D eigenvalue weighted by molar-refractivity contribution is 7.17. The van der Waals surface area contributed by atoms with Gasteiger partial charge in [-0.05, 0) is 69.6 Å². The molecular weight excluding hydrogens is 638 g/mol. The molecule has 1 atom stereocenters. The number of rotatable bonds is 10. The summed E-state index contributed by atoms with van der Waals surface area (Å²) in [6, 6.07) is 10.7. The van der Waals surface area contributed by atoms with E-state index in [-0.39, 0.29) is 36.6 Å². The van der Waals surface area contributed by atoms with Crippen LogP contribution in [-0.2, 0) is 9.59 Å². The number of nitrogens with two attached hydrogens (primary N) is 1. The van der Waals surface area contributed by atoms with E-state index in [2.05, 4.69) is 22.5 Å². The molecule has 2 heterocycles. The number of halogens is 1. The summed E-state index contributed by atoms with van der Waals surface area (Å²) >= 11 is 7.62. The van der Waals surface area contributed by atoms with Crippen LogP contribution in [0, 0.1) is 36.5 Å².